The van der Waals surface area contributed by atoms with E-state index >= 15 is 0 Å². The standard InChI is InChI=1S/C28H19Cl2N5O4S/c29-17-14-22(24(36)23(30)15-17)26-34-35-28(40-26)33-27(38)32-19-6-4-5-16(13-19)25(37)31-18-9-11-21(12-10-18)39-20-7-2-1-3-8-20/h1-15,36H,(H,31,37)(H2,32,33,35,38). The molecule has 0 atom stereocenters. The third kappa shape index (κ3) is 6.67. The Morgan fingerprint density at radius 1 is 0.775 bits per heavy atom. The average Bonchev–Trinajstić information content (AvgIpc) is 3.40. The van der Waals surface area contributed by atoms with Gasteiger partial charge in [0.15, 0.2) is 5.01 Å². The number of carbonyl (C=O) groups is 2. The topological polar surface area (TPSA) is 125 Å². The Kier molecular flexibility index (Phi) is 8.11. The highest BCUT2D eigenvalue weighted by atomic mass is 35.5. The van der Waals surface area contributed by atoms with Crippen LogP contribution in [0.2, 0.25) is 10.0 Å². The number of para-hydroxylation sites is 1. The number of aromatic hydroxyl groups is 1. The van der Waals surface area contributed by atoms with Crippen molar-refractivity contribution in [2.45, 2.75) is 0 Å². The number of nitrogens with one attached hydrogen (secondary N) is 3. The molecule has 0 aliphatic heterocycles. The molecule has 4 N–H and O–H groups in total. The first-order valence-corrected chi connectivity index (χ1v) is 13.3. The molecule has 5 rings (SSSR count). The number of carbonyl (C=O) groups excluding carboxylic acids is 2. The minimum absolute atomic E-state index is 0.0722. The van der Waals surface area contributed by atoms with Crippen molar-refractivity contribution in [3.63, 3.8) is 0 Å². The van der Waals surface area contributed by atoms with Gasteiger partial charge in [-0.05, 0) is 66.7 Å². The van der Waals surface area contributed by atoms with Crippen LogP contribution >= 0.6 is 34.5 Å². The Hall–Kier alpha value is -4.64. The normalized spacial score (nSPS) is 10.6. The largest absolute Gasteiger partial charge is 0.506 e. The van der Waals surface area contributed by atoms with Crippen molar-refractivity contribution in [1.29, 1.82) is 0 Å². The van der Waals surface area contributed by atoms with E-state index in [4.69, 9.17) is 27.9 Å². The smallest absolute Gasteiger partial charge is 0.325 e. The maximum absolute atomic E-state index is 12.8. The van der Waals surface area contributed by atoms with Gasteiger partial charge in [-0.2, -0.15) is 0 Å². The summed E-state index contributed by atoms with van der Waals surface area (Å²) in [5, 5.41) is 27.0. The molecule has 9 nitrogen and oxygen atoms in total. The quantitative estimate of drug-likeness (QED) is 0.152. The van der Waals surface area contributed by atoms with Crippen LogP contribution in [0.4, 0.5) is 21.3 Å². The SMILES string of the molecule is O=C(Nc1cccc(C(=O)Nc2ccc(Oc3ccccc3)cc2)c1)Nc1nnc(-c2cc(Cl)cc(Cl)c2O)s1. The average molecular weight is 592 g/mol. The molecule has 1 heterocycles. The Labute approximate surface area is 242 Å². The molecule has 12 heteroatoms. The number of benzene rings is 4. The second-order valence-electron chi connectivity index (χ2n) is 8.25. The van der Waals surface area contributed by atoms with Crippen molar-refractivity contribution in [1.82, 2.24) is 10.2 Å². The van der Waals surface area contributed by atoms with E-state index in [9.17, 15) is 14.7 Å². The minimum atomic E-state index is -0.595. The van der Waals surface area contributed by atoms with E-state index in [0.29, 0.717) is 44.0 Å². The van der Waals surface area contributed by atoms with Gasteiger partial charge in [-0.3, -0.25) is 10.1 Å². The van der Waals surface area contributed by atoms with Crippen LogP contribution in [0.3, 0.4) is 0 Å². The van der Waals surface area contributed by atoms with Crippen LogP contribution in [0.5, 0.6) is 17.2 Å². The maximum Gasteiger partial charge on any atom is 0.325 e. The van der Waals surface area contributed by atoms with Crippen LogP contribution in [0.25, 0.3) is 10.6 Å². The highest BCUT2D eigenvalue weighted by molar-refractivity contribution is 7.18. The van der Waals surface area contributed by atoms with Crippen molar-refractivity contribution in [2.24, 2.45) is 0 Å². The highest BCUT2D eigenvalue weighted by Gasteiger charge is 2.16. The van der Waals surface area contributed by atoms with Gasteiger partial charge in [0.2, 0.25) is 5.13 Å². The lowest BCUT2D eigenvalue weighted by Crippen LogP contribution is -2.20. The molecule has 200 valence electrons. The molecule has 4 aromatic carbocycles. The van der Waals surface area contributed by atoms with Crippen LogP contribution in [0.1, 0.15) is 10.4 Å². The van der Waals surface area contributed by atoms with Crippen molar-refractivity contribution in [3.05, 3.63) is 107 Å². The molecule has 0 unspecified atom stereocenters. The summed E-state index contributed by atoms with van der Waals surface area (Å²) in [6, 6.07) is 25.1. The summed E-state index contributed by atoms with van der Waals surface area (Å²) in [5.74, 6) is 0.806. The van der Waals surface area contributed by atoms with E-state index in [1.54, 1.807) is 48.5 Å². The monoisotopic (exact) mass is 591 g/mol. The van der Waals surface area contributed by atoms with Gasteiger partial charge < -0.3 is 20.5 Å². The number of halogens is 2. The van der Waals surface area contributed by atoms with E-state index < -0.39 is 6.03 Å². The fraction of sp³-hybridized carbons (Fsp3) is 0. The Morgan fingerprint density at radius 3 is 2.30 bits per heavy atom. The number of aromatic nitrogens is 2. The first-order chi connectivity index (χ1) is 19.3. The fourth-order valence-electron chi connectivity index (χ4n) is 3.54. The Balaban J connectivity index is 1.19. The van der Waals surface area contributed by atoms with Gasteiger partial charge in [0.05, 0.1) is 10.6 Å². The third-order valence-corrected chi connectivity index (χ3v) is 6.76. The summed E-state index contributed by atoms with van der Waals surface area (Å²) < 4.78 is 5.77. The van der Waals surface area contributed by atoms with Crippen LogP contribution in [-0.2, 0) is 0 Å². The van der Waals surface area contributed by atoms with Crippen molar-refractivity contribution >= 4 is 63.0 Å². The summed E-state index contributed by atoms with van der Waals surface area (Å²) in [6.07, 6.45) is 0. The van der Waals surface area contributed by atoms with Gasteiger partial charge in [-0.1, -0.05) is 58.8 Å². The van der Waals surface area contributed by atoms with E-state index in [1.165, 1.54) is 12.1 Å². The zero-order valence-corrected chi connectivity index (χ0v) is 22.7. The van der Waals surface area contributed by atoms with Crippen molar-refractivity contribution in [3.8, 4) is 27.8 Å². The Morgan fingerprint density at radius 2 is 1.52 bits per heavy atom. The maximum atomic E-state index is 12.8. The van der Waals surface area contributed by atoms with Gasteiger partial charge in [0, 0.05) is 22.0 Å². The lowest BCUT2D eigenvalue weighted by Gasteiger charge is -2.10. The number of amides is 3. The van der Waals surface area contributed by atoms with Gasteiger partial charge in [-0.25, -0.2) is 4.79 Å². The number of nitrogens with zero attached hydrogens (tertiary/aromatic N) is 2. The summed E-state index contributed by atoms with van der Waals surface area (Å²) >= 11 is 13.0. The zero-order valence-electron chi connectivity index (χ0n) is 20.4. The number of rotatable bonds is 7. The molecular weight excluding hydrogens is 573 g/mol. The van der Waals surface area contributed by atoms with Crippen molar-refractivity contribution in [2.75, 3.05) is 16.0 Å². The molecule has 3 amide bonds. The van der Waals surface area contributed by atoms with Crippen LogP contribution < -0.4 is 20.7 Å². The Bertz CT molecular complexity index is 1680. The predicted octanol–water partition coefficient (Wildman–Crippen LogP) is 7.91. The molecule has 0 fully saturated rings. The number of phenolic OH excluding ortho intramolecular Hbond substituents is 1. The predicted molar refractivity (Wildman–Crippen MR) is 157 cm³/mol. The van der Waals surface area contributed by atoms with E-state index in [0.717, 1.165) is 11.3 Å². The summed E-state index contributed by atoms with van der Waals surface area (Å²) in [6.45, 7) is 0. The number of anilines is 3. The number of ether oxygens (including phenoxy) is 1. The minimum Gasteiger partial charge on any atom is -0.506 e. The molecule has 0 spiro atoms. The third-order valence-electron chi connectivity index (χ3n) is 5.38. The molecule has 1 aromatic heterocycles. The molecule has 5 aromatic rings. The molecule has 0 bridgehead atoms. The van der Waals surface area contributed by atoms with Gasteiger partial charge in [-0.15, -0.1) is 10.2 Å². The van der Waals surface area contributed by atoms with Gasteiger partial charge in [0.25, 0.3) is 5.91 Å². The fourth-order valence-corrected chi connectivity index (χ4v) is 4.79. The number of urea groups is 1. The second-order valence-corrected chi connectivity index (χ2v) is 10.1. The number of hydrogen-bond acceptors (Lipinski definition) is 7. The van der Waals surface area contributed by atoms with Crippen LogP contribution in [0.15, 0.2) is 91.0 Å². The summed E-state index contributed by atoms with van der Waals surface area (Å²) in [4.78, 5) is 25.4. The molecule has 0 radical (unpaired) electrons. The van der Waals surface area contributed by atoms with Gasteiger partial charge in [0.1, 0.15) is 17.2 Å². The lowest BCUT2D eigenvalue weighted by molar-refractivity contribution is 0.102. The van der Waals surface area contributed by atoms with E-state index in [-0.39, 0.29) is 21.8 Å². The van der Waals surface area contributed by atoms with Crippen LogP contribution in [0, 0.1) is 0 Å². The number of hydrogen-bond donors (Lipinski definition) is 4. The zero-order chi connectivity index (χ0) is 28.1. The lowest BCUT2D eigenvalue weighted by atomic mass is 10.2. The molecule has 0 saturated carbocycles. The van der Waals surface area contributed by atoms with Gasteiger partial charge >= 0.3 is 6.03 Å². The van der Waals surface area contributed by atoms with Crippen molar-refractivity contribution < 1.29 is 19.4 Å². The highest BCUT2D eigenvalue weighted by Crippen LogP contribution is 2.39. The second kappa shape index (κ2) is 12.0. The van der Waals surface area contributed by atoms with E-state index in [2.05, 4.69) is 26.1 Å². The molecule has 0 aliphatic rings. The summed E-state index contributed by atoms with van der Waals surface area (Å²) in [5.41, 5.74) is 1.61. The van der Waals surface area contributed by atoms with Crippen LogP contribution in [-0.4, -0.2) is 27.2 Å². The molecule has 0 aliphatic carbocycles. The summed E-state index contributed by atoms with van der Waals surface area (Å²) in [7, 11) is 0. The number of phenols is 1. The molecular formula is C28H19Cl2N5O4S. The first-order valence-electron chi connectivity index (χ1n) is 11.7. The van der Waals surface area contributed by atoms with E-state index in [1.807, 2.05) is 30.3 Å². The molecule has 40 heavy (non-hydrogen) atoms. The first kappa shape index (κ1) is 26.9. The molecule has 0 saturated heterocycles.